The Morgan fingerprint density at radius 2 is 1.60 bits per heavy atom. The summed E-state index contributed by atoms with van der Waals surface area (Å²) in [7, 11) is 0. The summed E-state index contributed by atoms with van der Waals surface area (Å²) in [5.74, 6) is -2.96. The molecule has 0 saturated heterocycles. The molecule has 20 heavy (non-hydrogen) atoms. The van der Waals surface area contributed by atoms with Crippen molar-refractivity contribution in [2.75, 3.05) is 5.32 Å². The summed E-state index contributed by atoms with van der Waals surface area (Å²) in [5.41, 5.74) is 2.55. The zero-order valence-electron chi connectivity index (χ0n) is 10.8. The molecule has 0 heterocycles. The fourth-order valence-electron chi connectivity index (χ4n) is 2.67. The zero-order chi connectivity index (χ0) is 14.1. The van der Waals surface area contributed by atoms with E-state index in [-0.39, 0.29) is 11.7 Å². The first-order valence-corrected chi connectivity index (χ1v) is 6.61. The monoisotopic (exact) mass is 277 g/mol. The number of rotatable bonds is 2. The Hall–Kier alpha value is -1.97. The number of nitrogens with one attached hydrogen (secondary N) is 1. The molecule has 1 aliphatic carbocycles. The quantitative estimate of drug-likeness (QED) is 0.816. The van der Waals surface area contributed by atoms with Crippen LogP contribution in [-0.2, 0) is 12.8 Å². The van der Waals surface area contributed by atoms with E-state index in [0.29, 0.717) is 6.07 Å². The summed E-state index contributed by atoms with van der Waals surface area (Å²) in [6.07, 6.45) is 2.50. The van der Waals surface area contributed by atoms with Gasteiger partial charge in [-0.05, 0) is 30.4 Å². The van der Waals surface area contributed by atoms with Gasteiger partial charge < -0.3 is 5.32 Å². The highest BCUT2D eigenvalue weighted by atomic mass is 19.2. The molecular weight excluding hydrogens is 263 g/mol. The topological polar surface area (TPSA) is 12.0 Å². The van der Waals surface area contributed by atoms with Gasteiger partial charge in [-0.3, -0.25) is 0 Å². The molecule has 0 saturated carbocycles. The molecule has 0 spiro atoms. The molecule has 1 nitrogen and oxygen atoms in total. The summed E-state index contributed by atoms with van der Waals surface area (Å²) in [4.78, 5) is 0. The Bertz CT molecular complexity index is 640. The highest BCUT2D eigenvalue weighted by Gasteiger charge is 2.20. The Labute approximate surface area is 115 Å². The van der Waals surface area contributed by atoms with Gasteiger partial charge in [0.15, 0.2) is 11.6 Å². The normalized spacial score (nSPS) is 17.6. The first-order chi connectivity index (χ1) is 9.63. The van der Waals surface area contributed by atoms with E-state index in [9.17, 15) is 13.2 Å². The van der Waals surface area contributed by atoms with E-state index in [1.807, 2.05) is 18.2 Å². The van der Waals surface area contributed by atoms with Crippen LogP contribution >= 0.6 is 0 Å². The van der Waals surface area contributed by atoms with Gasteiger partial charge in [0.05, 0.1) is 5.69 Å². The third kappa shape index (κ3) is 2.50. The van der Waals surface area contributed by atoms with Crippen LogP contribution in [0, 0.1) is 17.5 Å². The first kappa shape index (κ1) is 13.0. The van der Waals surface area contributed by atoms with Crippen LogP contribution < -0.4 is 5.32 Å². The minimum absolute atomic E-state index is 0.0216. The zero-order valence-corrected chi connectivity index (χ0v) is 10.8. The van der Waals surface area contributed by atoms with Gasteiger partial charge in [0.1, 0.15) is 5.82 Å². The Morgan fingerprint density at radius 3 is 2.40 bits per heavy atom. The average Bonchev–Trinajstić information content (AvgIpc) is 2.44. The lowest BCUT2D eigenvalue weighted by Gasteiger charge is -2.26. The summed E-state index contributed by atoms with van der Waals surface area (Å²) in [5, 5.41) is 2.98. The fraction of sp³-hybridized carbons (Fsp3) is 0.250. The maximum absolute atomic E-state index is 13.6. The predicted octanol–water partition coefficient (Wildman–Crippen LogP) is 4.07. The maximum Gasteiger partial charge on any atom is 0.161 e. The second-order valence-electron chi connectivity index (χ2n) is 5.10. The smallest absolute Gasteiger partial charge is 0.161 e. The van der Waals surface area contributed by atoms with E-state index in [1.54, 1.807) is 0 Å². The molecule has 0 aromatic heterocycles. The number of halogens is 3. The van der Waals surface area contributed by atoms with Crippen molar-refractivity contribution in [3.8, 4) is 0 Å². The van der Waals surface area contributed by atoms with Crippen LogP contribution in [0.15, 0.2) is 36.4 Å². The number of anilines is 1. The van der Waals surface area contributed by atoms with E-state index >= 15 is 0 Å². The van der Waals surface area contributed by atoms with E-state index in [0.717, 1.165) is 25.3 Å². The van der Waals surface area contributed by atoms with Crippen LogP contribution in [0.5, 0.6) is 0 Å². The van der Waals surface area contributed by atoms with Crippen LogP contribution in [0.2, 0.25) is 0 Å². The molecule has 0 bridgehead atoms. The Morgan fingerprint density at radius 1 is 0.900 bits per heavy atom. The number of benzene rings is 2. The van der Waals surface area contributed by atoms with E-state index in [2.05, 4.69) is 11.4 Å². The molecule has 2 aromatic carbocycles. The van der Waals surface area contributed by atoms with Crippen molar-refractivity contribution >= 4 is 5.69 Å². The van der Waals surface area contributed by atoms with Crippen LogP contribution in [0.25, 0.3) is 0 Å². The van der Waals surface area contributed by atoms with Crippen molar-refractivity contribution in [3.63, 3.8) is 0 Å². The lowest BCUT2D eigenvalue weighted by Crippen LogP contribution is -2.27. The molecule has 0 fully saturated rings. The van der Waals surface area contributed by atoms with Crippen LogP contribution in [0.1, 0.15) is 17.5 Å². The van der Waals surface area contributed by atoms with E-state index in [1.165, 1.54) is 11.1 Å². The SMILES string of the molecule is Fc1cc(F)c(NC2CCc3ccccc3C2)cc1F. The van der Waals surface area contributed by atoms with Crippen molar-refractivity contribution in [1.29, 1.82) is 0 Å². The van der Waals surface area contributed by atoms with Crippen molar-refractivity contribution < 1.29 is 13.2 Å². The molecule has 104 valence electrons. The van der Waals surface area contributed by atoms with E-state index in [4.69, 9.17) is 0 Å². The molecule has 0 radical (unpaired) electrons. The molecule has 0 aliphatic heterocycles. The van der Waals surface area contributed by atoms with Gasteiger partial charge in [-0.15, -0.1) is 0 Å². The maximum atomic E-state index is 13.6. The molecule has 4 heteroatoms. The largest absolute Gasteiger partial charge is 0.380 e. The highest BCUT2D eigenvalue weighted by molar-refractivity contribution is 5.47. The molecule has 0 amide bonds. The summed E-state index contributed by atoms with van der Waals surface area (Å²) < 4.78 is 39.7. The number of fused-ring (bicyclic) bond motifs is 1. The van der Waals surface area contributed by atoms with Crippen molar-refractivity contribution in [2.45, 2.75) is 25.3 Å². The van der Waals surface area contributed by atoms with Gasteiger partial charge in [0, 0.05) is 18.2 Å². The predicted molar refractivity (Wildman–Crippen MR) is 72.2 cm³/mol. The minimum atomic E-state index is -1.16. The molecule has 2 aromatic rings. The van der Waals surface area contributed by atoms with Crippen molar-refractivity contribution in [1.82, 2.24) is 0 Å². The van der Waals surface area contributed by atoms with Gasteiger partial charge >= 0.3 is 0 Å². The van der Waals surface area contributed by atoms with Gasteiger partial charge in [0.2, 0.25) is 0 Å². The lowest BCUT2D eigenvalue weighted by molar-refractivity contribution is 0.494. The highest BCUT2D eigenvalue weighted by Crippen LogP contribution is 2.25. The van der Waals surface area contributed by atoms with Gasteiger partial charge in [-0.2, -0.15) is 0 Å². The standard InChI is InChI=1S/C16H14F3N/c17-13-8-15(19)16(9-14(13)18)20-12-6-5-10-3-1-2-4-11(10)7-12/h1-4,8-9,12,20H,5-7H2. The van der Waals surface area contributed by atoms with Crippen LogP contribution in [0.4, 0.5) is 18.9 Å². The third-order valence-corrected chi connectivity index (χ3v) is 3.72. The van der Waals surface area contributed by atoms with Crippen molar-refractivity contribution in [2.24, 2.45) is 0 Å². The minimum Gasteiger partial charge on any atom is -0.380 e. The van der Waals surface area contributed by atoms with Crippen molar-refractivity contribution in [3.05, 3.63) is 65.0 Å². The second kappa shape index (κ2) is 5.19. The number of hydrogen-bond donors (Lipinski definition) is 1. The van der Waals surface area contributed by atoms with E-state index < -0.39 is 17.5 Å². The molecule has 1 N–H and O–H groups in total. The number of aryl methyl sites for hydroxylation is 1. The molecule has 1 aliphatic rings. The first-order valence-electron chi connectivity index (χ1n) is 6.61. The van der Waals surface area contributed by atoms with Crippen LogP contribution in [0.3, 0.4) is 0 Å². The lowest BCUT2D eigenvalue weighted by atomic mass is 9.88. The van der Waals surface area contributed by atoms with Gasteiger partial charge in [0.25, 0.3) is 0 Å². The molecule has 3 rings (SSSR count). The summed E-state index contributed by atoms with van der Waals surface area (Å²) in [6, 6.07) is 9.60. The molecular formula is C16H14F3N. The number of hydrogen-bond acceptors (Lipinski definition) is 1. The average molecular weight is 277 g/mol. The Kier molecular flexibility index (Phi) is 3.38. The van der Waals surface area contributed by atoms with Gasteiger partial charge in [-0.25, -0.2) is 13.2 Å². The van der Waals surface area contributed by atoms with Crippen LogP contribution in [-0.4, -0.2) is 6.04 Å². The molecule has 1 unspecified atom stereocenters. The third-order valence-electron chi connectivity index (χ3n) is 3.72. The van der Waals surface area contributed by atoms with Gasteiger partial charge in [-0.1, -0.05) is 24.3 Å². The molecule has 1 atom stereocenters. The summed E-state index contributed by atoms with van der Waals surface area (Å²) in [6.45, 7) is 0. The Balaban J connectivity index is 1.78. The summed E-state index contributed by atoms with van der Waals surface area (Å²) >= 11 is 0. The fourth-order valence-corrected chi connectivity index (χ4v) is 2.67. The second-order valence-corrected chi connectivity index (χ2v) is 5.10.